The number of aromatic nitrogens is 1. The molecule has 1 unspecified atom stereocenters. The number of thiophene rings is 1. The van der Waals surface area contributed by atoms with Crippen LogP contribution in [0.1, 0.15) is 33.9 Å². The molecule has 0 spiro atoms. The number of hydrogen-bond acceptors (Lipinski definition) is 6. The molecular weight excluding hydrogens is 366 g/mol. The minimum atomic E-state index is -0.00613. The first-order chi connectivity index (χ1) is 12.7. The zero-order chi connectivity index (χ0) is 18.1. The number of thiazole rings is 1. The van der Waals surface area contributed by atoms with Gasteiger partial charge in [-0.3, -0.25) is 4.79 Å². The highest BCUT2D eigenvalue weighted by molar-refractivity contribution is 7.14. The lowest BCUT2D eigenvalue weighted by atomic mass is 10.0. The van der Waals surface area contributed by atoms with Gasteiger partial charge in [0, 0.05) is 22.5 Å². The molecule has 1 amide bonds. The molecule has 2 aromatic heterocycles. The van der Waals surface area contributed by atoms with Gasteiger partial charge in [0.05, 0.1) is 13.2 Å². The molecule has 1 aliphatic heterocycles. The zero-order valence-electron chi connectivity index (χ0n) is 14.6. The number of anilines is 2. The van der Waals surface area contributed by atoms with Crippen LogP contribution in [-0.2, 0) is 6.42 Å². The van der Waals surface area contributed by atoms with Gasteiger partial charge in [-0.2, -0.15) is 0 Å². The summed E-state index contributed by atoms with van der Waals surface area (Å²) in [5.41, 5.74) is 2.67. The Morgan fingerprint density at radius 3 is 2.85 bits per heavy atom. The normalized spacial score (nSPS) is 16.2. The molecule has 0 fully saturated rings. The van der Waals surface area contributed by atoms with Gasteiger partial charge in [0.2, 0.25) is 0 Å². The number of carbonyl (C=O) groups is 1. The van der Waals surface area contributed by atoms with E-state index in [0.29, 0.717) is 10.8 Å². The van der Waals surface area contributed by atoms with Crippen molar-refractivity contribution in [3.05, 3.63) is 57.2 Å². The van der Waals surface area contributed by atoms with Gasteiger partial charge in [-0.05, 0) is 54.6 Å². The van der Waals surface area contributed by atoms with Gasteiger partial charge in [0.25, 0.3) is 5.91 Å². The largest absolute Gasteiger partial charge is 0.497 e. The first kappa shape index (κ1) is 17.1. The maximum Gasteiger partial charge on any atom is 0.273 e. The van der Waals surface area contributed by atoms with Crippen molar-refractivity contribution in [1.82, 2.24) is 9.88 Å². The van der Waals surface area contributed by atoms with E-state index in [1.54, 1.807) is 18.4 Å². The molecule has 1 aliphatic rings. The number of nitrogens with one attached hydrogen (secondary N) is 1. The first-order valence-electron chi connectivity index (χ1n) is 8.39. The van der Waals surface area contributed by atoms with E-state index in [9.17, 15) is 4.79 Å². The fourth-order valence-electron chi connectivity index (χ4n) is 3.16. The lowest BCUT2D eigenvalue weighted by Crippen LogP contribution is -2.38. The maximum absolute atomic E-state index is 12.9. The molecule has 0 saturated heterocycles. The highest BCUT2D eigenvalue weighted by atomic mass is 32.1. The molecule has 0 bridgehead atoms. The molecule has 0 aliphatic carbocycles. The standard InChI is InChI=1S/C19H19N3O2S2/c1-12-15-8-10-25-17(15)7-9-22(12)18(23)16-11-26-19(21-16)20-13-3-5-14(24-2)6-4-13/h3-6,8,10-12H,7,9H2,1-2H3,(H,20,21). The Morgan fingerprint density at radius 1 is 1.27 bits per heavy atom. The van der Waals surface area contributed by atoms with Crippen LogP contribution in [0.25, 0.3) is 0 Å². The van der Waals surface area contributed by atoms with Crippen molar-refractivity contribution < 1.29 is 9.53 Å². The van der Waals surface area contributed by atoms with Crippen LogP contribution < -0.4 is 10.1 Å². The number of benzene rings is 1. The van der Waals surface area contributed by atoms with Crippen LogP contribution in [0.5, 0.6) is 5.75 Å². The number of hydrogen-bond donors (Lipinski definition) is 1. The fourth-order valence-corrected chi connectivity index (χ4v) is 4.83. The molecule has 0 radical (unpaired) electrons. The number of ether oxygens (including phenoxy) is 1. The number of methoxy groups -OCH3 is 1. The van der Waals surface area contributed by atoms with Crippen molar-refractivity contribution in [2.45, 2.75) is 19.4 Å². The van der Waals surface area contributed by atoms with Crippen molar-refractivity contribution in [1.29, 1.82) is 0 Å². The average Bonchev–Trinajstić information content (AvgIpc) is 3.32. The van der Waals surface area contributed by atoms with Crippen LogP contribution in [0.4, 0.5) is 10.8 Å². The Bertz CT molecular complexity index is 917. The highest BCUT2D eigenvalue weighted by Gasteiger charge is 2.30. The van der Waals surface area contributed by atoms with Crippen molar-refractivity contribution in [3.8, 4) is 5.75 Å². The quantitative estimate of drug-likeness (QED) is 0.706. The molecular formula is C19H19N3O2S2. The van der Waals surface area contributed by atoms with Crippen molar-refractivity contribution >= 4 is 39.4 Å². The average molecular weight is 386 g/mol. The van der Waals surface area contributed by atoms with E-state index in [2.05, 4.69) is 28.7 Å². The van der Waals surface area contributed by atoms with E-state index in [-0.39, 0.29) is 11.9 Å². The number of fused-ring (bicyclic) bond motifs is 1. The first-order valence-corrected chi connectivity index (χ1v) is 10.2. The Morgan fingerprint density at radius 2 is 2.08 bits per heavy atom. The van der Waals surface area contributed by atoms with Crippen LogP contribution in [0.3, 0.4) is 0 Å². The van der Waals surface area contributed by atoms with E-state index in [1.165, 1.54) is 21.8 Å². The predicted octanol–water partition coefficient (Wildman–Crippen LogP) is 4.72. The Balaban J connectivity index is 1.48. The zero-order valence-corrected chi connectivity index (χ0v) is 16.2. The topological polar surface area (TPSA) is 54.5 Å². The van der Waals surface area contributed by atoms with E-state index in [0.717, 1.165) is 24.4 Å². The van der Waals surface area contributed by atoms with Gasteiger partial charge < -0.3 is 15.0 Å². The van der Waals surface area contributed by atoms with Gasteiger partial charge in [-0.1, -0.05) is 0 Å². The van der Waals surface area contributed by atoms with Crippen LogP contribution in [0.15, 0.2) is 41.1 Å². The fraction of sp³-hybridized carbons (Fsp3) is 0.263. The van der Waals surface area contributed by atoms with E-state index in [4.69, 9.17) is 4.74 Å². The van der Waals surface area contributed by atoms with Crippen LogP contribution in [0.2, 0.25) is 0 Å². The second-order valence-corrected chi connectivity index (χ2v) is 7.97. The molecule has 1 N–H and O–H groups in total. The van der Waals surface area contributed by atoms with Gasteiger partial charge in [-0.25, -0.2) is 4.98 Å². The third kappa shape index (κ3) is 3.20. The Labute approximate surface area is 160 Å². The molecule has 4 rings (SSSR count). The number of rotatable bonds is 4. The summed E-state index contributed by atoms with van der Waals surface area (Å²) in [4.78, 5) is 20.7. The summed E-state index contributed by atoms with van der Waals surface area (Å²) >= 11 is 3.21. The lowest BCUT2D eigenvalue weighted by molar-refractivity contribution is 0.0674. The minimum absolute atomic E-state index is 0.00613. The van der Waals surface area contributed by atoms with Crippen molar-refractivity contribution in [2.24, 2.45) is 0 Å². The molecule has 26 heavy (non-hydrogen) atoms. The summed E-state index contributed by atoms with van der Waals surface area (Å²) < 4.78 is 5.16. The lowest BCUT2D eigenvalue weighted by Gasteiger charge is -2.33. The van der Waals surface area contributed by atoms with E-state index in [1.807, 2.05) is 34.5 Å². The molecule has 134 valence electrons. The monoisotopic (exact) mass is 385 g/mol. The maximum atomic E-state index is 12.9. The predicted molar refractivity (Wildman–Crippen MR) is 106 cm³/mol. The number of nitrogens with zero attached hydrogens (tertiary/aromatic N) is 2. The summed E-state index contributed by atoms with van der Waals surface area (Å²) in [5.74, 6) is 0.797. The SMILES string of the molecule is COc1ccc(Nc2nc(C(=O)N3CCc4sccc4C3C)cs2)cc1. The molecule has 7 heteroatoms. The second-order valence-electron chi connectivity index (χ2n) is 6.12. The van der Waals surface area contributed by atoms with E-state index < -0.39 is 0 Å². The van der Waals surface area contributed by atoms with Crippen molar-refractivity contribution in [2.75, 3.05) is 19.0 Å². The third-order valence-corrected chi connectivity index (χ3v) is 6.36. The van der Waals surface area contributed by atoms with Gasteiger partial charge in [0.1, 0.15) is 11.4 Å². The van der Waals surface area contributed by atoms with Crippen LogP contribution in [0, 0.1) is 0 Å². The number of amides is 1. The molecule has 3 aromatic rings. The summed E-state index contributed by atoms with van der Waals surface area (Å²) in [7, 11) is 1.64. The smallest absolute Gasteiger partial charge is 0.273 e. The second kappa shape index (κ2) is 7.09. The van der Waals surface area contributed by atoms with Gasteiger partial charge >= 0.3 is 0 Å². The van der Waals surface area contributed by atoms with E-state index >= 15 is 0 Å². The molecule has 1 atom stereocenters. The number of carbonyl (C=O) groups excluding carboxylic acids is 1. The molecule has 0 saturated carbocycles. The minimum Gasteiger partial charge on any atom is -0.497 e. The summed E-state index contributed by atoms with van der Waals surface area (Å²) in [6.45, 7) is 2.83. The molecule has 3 heterocycles. The van der Waals surface area contributed by atoms with Crippen LogP contribution in [-0.4, -0.2) is 29.4 Å². The Kier molecular flexibility index (Phi) is 4.65. The summed E-state index contributed by atoms with van der Waals surface area (Å²) in [5, 5.41) is 7.88. The Hall–Kier alpha value is -2.38. The summed E-state index contributed by atoms with van der Waals surface area (Å²) in [6.07, 6.45) is 0.921. The highest BCUT2D eigenvalue weighted by Crippen LogP contribution is 2.34. The summed E-state index contributed by atoms with van der Waals surface area (Å²) in [6, 6.07) is 9.84. The van der Waals surface area contributed by atoms with Crippen LogP contribution >= 0.6 is 22.7 Å². The van der Waals surface area contributed by atoms with Gasteiger partial charge in [-0.15, -0.1) is 22.7 Å². The molecule has 5 nitrogen and oxygen atoms in total. The third-order valence-electron chi connectivity index (χ3n) is 4.60. The van der Waals surface area contributed by atoms with Gasteiger partial charge in [0.15, 0.2) is 5.13 Å². The van der Waals surface area contributed by atoms with Crippen molar-refractivity contribution in [3.63, 3.8) is 0 Å². The molecule has 1 aromatic carbocycles.